The van der Waals surface area contributed by atoms with E-state index in [1.54, 1.807) is 24.3 Å². The summed E-state index contributed by atoms with van der Waals surface area (Å²) in [5, 5.41) is 17.1. The molecule has 0 heterocycles. The number of aliphatic carboxylic acids is 1. The summed E-state index contributed by atoms with van der Waals surface area (Å²) in [5.41, 5.74) is 0.767. The summed E-state index contributed by atoms with van der Waals surface area (Å²) in [6.07, 6.45) is 3.16. The van der Waals surface area contributed by atoms with Crippen LogP contribution in [0.1, 0.15) is 12.0 Å². The molecule has 0 fully saturated rings. The number of carboxylic acid groups (broad SMARTS) is 1. The molecule has 1 rings (SSSR count). The van der Waals surface area contributed by atoms with Gasteiger partial charge < -0.3 is 14.9 Å². The molecule has 0 unspecified atom stereocenters. The fraction of sp³-hybridized carbons (Fsp3) is 0.250. The quantitative estimate of drug-likeness (QED) is 0.566. The van der Waals surface area contributed by atoms with Crippen LogP contribution in [0.15, 0.2) is 30.3 Å². The first-order chi connectivity index (χ1) is 7.72. The van der Waals surface area contributed by atoms with Gasteiger partial charge in [0.15, 0.2) is 0 Å². The molecule has 0 aliphatic rings. The summed E-state index contributed by atoms with van der Waals surface area (Å²) in [6, 6.07) is 7.11. The van der Waals surface area contributed by atoms with E-state index in [1.807, 2.05) is 0 Å². The van der Waals surface area contributed by atoms with Gasteiger partial charge in [0.2, 0.25) is 0 Å². The fourth-order valence-corrected chi connectivity index (χ4v) is 1.13. The lowest BCUT2D eigenvalue weighted by molar-refractivity contribution is -0.131. The molecule has 86 valence electrons. The van der Waals surface area contributed by atoms with Gasteiger partial charge in [-0.05, 0) is 23.8 Å². The lowest BCUT2D eigenvalue weighted by Crippen LogP contribution is -1.99. The predicted molar refractivity (Wildman–Crippen MR) is 60.3 cm³/mol. The molecule has 0 atom stereocenters. The Morgan fingerprint density at radius 2 is 2.25 bits per heavy atom. The summed E-state index contributed by atoms with van der Waals surface area (Å²) >= 11 is 0. The maximum atomic E-state index is 10.3. The molecule has 0 saturated heterocycles. The molecule has 0 radical (unpaired) electrons. The van der Waals surface area contributed by atoms with Crippen molar-refractivity contribution in [1.82, 2.24) is 0 Å². The number of benzene rings is 1. The van der Waals surface area contributed by atoms with Gasteiger partial charge in [0.05, 0.1) is 6.61 Å². The Bertz CT molecular complexity index is 371. The number of carboxylic acids is 1. The van der Waals surface area contributed by atoms with Crippen LogP contribution >= 0.6 is 0 Å². The lowest BCUT2D eigenvalue weighted by atomic mass is 10.2. The highest BCUT2D eigenvalue weighted by Gasteiger charge is 1.95. The first-order valence-corrected chi connectivity index (χ1v) is 4.97. The van der Waals surface area contributed by atoms with Crippen LogP contribution in [-0.2, 0) is 4.79 Å². The number of aliphatic hydroxyl groups is 1. The van der Waals surface area contributed by atoms with Crippen molar-refractivity contribution < 1.29 is 19.7 Å². The topological polar surface area (TPSA) is 66.8 Å². The van der Waals surface area contributed by atoms with Crippen LogP contribution in [0.3, 0.4) is 0 Å². The van der Waals surface area contributed by atoms with Gasteiger partial charge in [-0.1, -0.05) is 12.1 Å². The molecule has 0 aliphatic carbocycles. The molecule has 4 heteroatoms. The van der Waals surface area contributed by atoms with Gasteiger partial charge in [0.25, 0.3) is 0 Å². The van der Waals surface area contributed by atoms with Crippen molar-refractivity contribution in [2.45, 2.75) is 6.42 Å². The second-order valence-corrected chi connectivity index (χ2v) is 3.17. The van der Waals surface area contributed by atoms with E-state index in [0.29, 0.717) is 18.8 Å². The van der Waals surface area contributed by atoms with Crippen LogP contribution in [0.4, 0.5) is 0 Å². The highest BCUT2D eigenvalue weighted by molar-refractivity contribution is 5.85. The van der Waals surface area contributed by atoms with E-state index in [1.165, 1.54) is 6.08 Å². The highest BCUT2D eigenvalue weighted by atomic mass is 16.5. The Hall–Kier alpha value is -1.81. The third-order valence-electron chi connectivity index (χ3n) is 1.85. The molecule has 1 aromatic rings. The summed E-state index contributed by atoms with van der Waals surface area (Å²) < 4.78 is 5.35. The van der Waals surface area contributed by atoms with Crippen molar-refractivity contribution in [2.75, 3.05) is 13.2 Å². The number of rotatable bonds is 6. The summed E-state index contributed by atoms with van der Waals surface area (Å²) in [7, 11) is 0. The molecule has 0 saturated carbocycles. The lowest BCUT2D eigenvalue weighted by Gasteiger charge is -2.05. The average Bonchev–Trinajstić information content (AvgIpc) is 2.27. The summed E-state index contributed by atoms with van der Waals surface area (Å²) in [6.45, 7) is 0.543. The van der Waals surface area contributed by atoms with Gasteiger partial charge in [-0.3, -0.25) is 0 Å². The van der Waals surface area contributed by atoms with Crippen LogP contribution < -0.4 is 4.74 Å². The van der Waals surface area contributed by atoms with Crippen molar-refractivity contribution in [3.63, 3.8) is 0 Å². The third-order valence-corrected chi connectivity index (χ3v) is 1.85. The molecule has 0 spiro atoms. The molecular formula is C12H14O4. The SMILES string of the molecule is O=C(O)C=Cc1cccc(OCCCO)c1. The highest BCUT2D eigenvalue weighted by Crippen LogP contribution is 2.14. The van der Waals surface area contributed by atoms with E-state index in [9.17, 15) is 4.79 Å². The minimum atomic E-state index is -0.980. The minimum absolute atomic E-state index is 0.0958. The monoisotopic (exact) mass is 222 g/mol. The van der Waals surface area contributed by atoms with Gasteiger partial charge in [-0.2, -0.15) is 0 Å². The molecule has 0 amide bonds. The van der Waals surface area contributed by atoms with E-state index in [0.717, 1.165) is 11.6 Å². The first-order valence-electron chi connectivity index (χ1n) is 4.97. The molecule has 0 aliphatic heterocycles. The van der Waals surface area contributed by atoms with E-state index in [-0.39, 0.29) is 6.61 Å². The van der Waals surface area contributed by atoms with Crippen molar-refractivity contribution in [3.8, 4) is 5.75 Å². The zero-order chi connectivity index (χ0) is 11.8. The number of hydrogen-bond donors (Lipinski definition) is 2. The first kappa shape index (κ1) is 12.3. The Labute approximate surface area is 93.8 Å². The van der Waals surface area contributed by atoms with Crippen LogP contribution in [0, 0.1) is 0 Å². The van der Waals surface area contributed by atoms with Crippen molar-refractivity contribution >= 4 is 12.0 Å². The Kier molecular flexibility index (Phi) is 5.08. The van der Waals surface area contributed by atoms with Crippen molar-refractivity contribution in [3.05, 3.63) is 35.9 Å². The number of hydrogen-bond acceptors (Lipinski definition) is 3. The normalized spacial score (nSPS) is 10.6. The summed E-state index contributed by atoms with van der Waals surface area (Å²) in [4.78, 5) is 10.3. The van der Waals surface area contributed by atoms with Gasteiger partial charge in [0.1, 0.15) is 5.75 Å². The zero-order valence-corrected chi connectivity index (χ0v) is 8.80. The molecule has 0 bridgehead atoms. The van der Waals surface area contributed by atoms with Gasteiger partial charge in [-0.15, -0.1) is 0 Å². The Balaban J connectivity index is 2.60. The van der Waals surface area contributed by atoms with Crippen LogP contribution in [0.2, 0.25) is 0 Å². The third kappa shape index (κ3) is 4.61. The minimum Gasteiger partial charge on any atom is -0.493 e. The van der Waals surface area contributed by atoms with E-state index >= 15 is 0 Å². The van der Waals surface area contributed by atoms with Crippen LogP contribution in [-0.4, -0.2) is 29.4 Å². The van der Waals surface area contributed by atoms with E-state index in [2.05, 4.69) is 0 Å². The average molecular weight is 222 g/mol. The van der Waals surface area contributed by atoms with Crippen molar-refractivity contribution in [2.24, 2.45) is 0 Å². The van der Waals surface area contributed by atoms with Crippen LogP contribution in [0.25, 0.3) is 6.08 Å². The number of carbonyl (C=O) groups is 1. The number of ether oxygens (including phenoxy) is 1. The van der Waals surface area contributed by atoms with E-state index < -0.39 is 5.97 Å². The second kappa shape index (κ2) is 6.63. The standard InChI is InChI=1S/C12H14O4/c13-7-2-8-16-11-4-1-3-10(9-11)5-6-12(14)15/h1,3-6,9,13H,2,7-8H2,(H,14,15). The Morgan fingerprint density at radius 3 is 2.94 bits per heavy atom. The maximum absolute atomic E-state index is 10.3. The molecular weight excluding hydrogens is 208 g/mol. The molecule has 1 aromatic carbocycles. The van der Waals surface area contributed by atoms with E-state index in [4.69, 9.17) is 14.9 Å². The smallest absolute Gasteiger partial charge is 0.328 e. The van der Waals surface area contributed by atoms with Gasteiger partial charge in [0, 0.05) is 19.1 Å². The summed E-state index contributed by atoms with van der Waals surface area (Å²) in [5.74, 6) is -0.312. The van der Waals surface area contributed by atoms with Crippen LogP contribution in [0.5, 0.6) is 5.75 Å². The number of aliphatic hydroxyl groups excluding tert-OH is 1. The molecule has 4 nitrogen and oxygen atoms in total. The second-order valence-electron chi connectivity index (χ2n) is 3.17. The fourth-order valence-electron chi connectivity index (χ4n) is 1.13. The largest absolute Gasteiger partial charge is 0.493 e. The maximum Gasteiger partial charge on any atom is 0.328 e. The van der Waals surface area contributed by atoms with Crippen molar-refractivity contribution in [1.29, 1.82) is 0 Å². The predicted octanol–water partition coefficient (Wildman–Crippen LogP) is 1.55. The Morgan fingerprint density at radius 1 is 1.44 bits per heavy atom. The molecule has 2 N–H and O–H groups in total. The molecule has 0 aromatic heterocycles. The zero-order valence-electron chi connectivity index (χ0n) is 8.80. The molecule has 16 heavy (non-hydrogen) atoms. The van der Waals surface area contributed by atoms with Gasteiger partial charge in [-0.25, -0.2) is 4.79 Å². The van der Waals surface area contributed by atoms with Gasteiger partial charge >= 0.3 is 5.97 Å².